The van der Waals surface area contributed by atoms with E-state index in [1.54, 1.807) is 23.5 Å². The fourth-order valence-electron chi connectivity index (χ4n) is 2.07. The molecule has 0 saturated carbocycles. The number of benzene rings is 1. The van der Waals surface area contributed by atoms with Crippen molar-refractivity contribution in [3.05, 3.63) is 45.7 Å². The van der Waals surface area contributed by atoms with Crippen molar-refractivity contribution in [1.29, 1.82) is 0 Å². The molecule has 0 amide bonds. The molecule has 0 saturated heterocycles. The fraction of sp³-hybridized carbons (Fsp3) is 0.357. The number of nitrogens with one attached hydrogen (secondary N) is 1. The van der Waals surface area contributed by atoms with Crippen LogP contribution in [0.4, 0.5) is 4.39 Å². The number of aromatic nitrogens is 1. The van der Waals surface area contributed by atoms with Crippen LogP contribution < -0.4 is 10.1 Å². The van der Waals surface area contributed by atoms with E-state index in [1.807, 2.05) is 0 Å². The van der Waals surface area contributed by atoms with Gasteiger partial charge in [-0.2, -0.15) is 0 Å². The number of rotatable bonds is 4. The van der Waals surface area contributed by atoms with Crippen molar-refractivity contribution in [2.24, 2.45) is 0 Å². The third-order valence-corrected chi connectivity index (χ3v) is 4.20. The third kappa shape index (κ3) is 3.11. The van der Waals surface area contributed by atoms with Crippen LogP contribution in [0.5, 0.6) is 5.75 Å². The zero-order valence-electron chi connectivity index (χ0n) is 10.5. The first-order chi connectivity index (χ1) is 9.31. The Bertz CT molecular complexity index is 530. The third-order valence-electron chi connectivity index (χ3n) is 3.04. The van der Waals surface area contributed by atoms with E-state index in [2.05, 4.69) is 10.3 Å². The Morgan fingerprint density at radius 2 is 2.16 bits per heavy atom. The highest BCUT2D eigenvalue weighted by Crippen LogP contribution is 2.22. The van der Waals surface area contributed by atoms with Crippen LogP contribution in [0, 0.1) is 5.82 Å². The monoisotopic (exact) mass is 278 g/mol. The molecule has 0 aliphatic carbocycles. The number of thiazole rings is 1. The lowest BCUT2D eigenvalue weighted by Crippen LogP contribution is -2.22. The summed E-state index contributed by atoms with van der Waals surface area (Å²) in [6.07, 6.45) is 1.82. The van der Waals surface area contributed by atoms with Crippen LogP contribution in [0.1, 0.15) is 15.6 Å². The molecule has 1 N–H and O–H groups in total. The molecule has 0 atom stereocenters. The van der Waals surface area contributed by atoms with Crippen LogP contribution in [-0.4, -0.2) is 18.1 Å². The Morgan fingerprint density at radius 3 is 2.95 bits per heavy atom. The topological polar surface area (TPSA) is 34.1 Å². The predicted molar refractivity (Wildman–Crippen MR) is 73.1 cm³/mol. The van der Waals surface area contributed by atoms with E-state index in [-0.39, 0.29) is 5.82 Å². The van der Waals surface area contributed by atoms with Gasteiger partial charge in [0, 0.05) is 30.8 Å². The number of nitrogens with zero attached hydrogens (tertiary/aromatic N) is 1. The summed E-state index contributed by atoms with van der Waals surface area (Å²) in [7, 11) is 0. The van der Waals surface area contributed by atoms with Gasteiger partial charge >= 0.3 is 0 Å². The van der Waals surface area contributed by atoms with Gasteiger partial charge in [-0.1, -0.05) is 0 Å². The van der Waals surface area contributed by atoms with Gasteiger partial charge in [0.2, 0.25) is 0 Å². The predicted octanol–water partition coefficient (Wildman–Crippen LogP) is 2.55. The number of ether oxygens (including phenoxy) is 1. The van der Waals surface area contributed by atoms with Crippen LogP contribution in [-0.2, 0) is 19.4 Å². The molecule has 0 unspecified atom stereocenters. The average Bonchev–Trinajstić information content (AvgIpc) is 2.83. The minimum absolute atomic E-state index is 0.243. The Kier molecular flexibility index (Phi) is 3.75. The second kappa shape index (κ2) is 5.67. The van der Waals surface area contributed by atoms with Crippen LogP contribution in [0.3, 0.4) is 0 Å². The van der Waals surface area contributed by atoms with Gasteiger partial charge in [0.15, 0.2) is 0 Å². The van der Waals surface area contributed by atoms with E-state index in [9.17, 15) is 4.39 Å². The summed E-state index contributed by atoms with van der Waals surface area (Å²) in [4.78, 5) is 5.98. The van der Waals surface area contributed by atoms with Gasteiger partial charge in [0.1, 0.15) is 11.6 Å². The summed E-state index contributed by atoms with van der Waals surface area (Å²) in [5, 5.41) is 4.47. The van der Waals surface area contributed by atoms with Crippen molar-refractivity contribution in [3.8, 4) is 5.75 Å². The maximum atomic E-state index is 12.7. The van der Waals surface area contributed by atoms with Gasteiger partial charge in [-0.3, -0.25) is 0 Å². The first-order valence-corrected chi connectivity index (χ1v) is 7.19. The standard InChI is InChI=1S/C14H15FN2OS/c15-10-1-3-11(4-2-10)18-8-6-14-17-12-5-7-16-9-13(12)19-14/h1-4,16H,5-9H2. The van der Waals surface area contributed by atoms with Crippen molar-refractivity contribution in [3.63, 3.8) is 0 Å². The van der Waals surface area contributed by atoms with Crippen LogP contribution in [0.15, 0.2) is 24.3 Å². The van der Waals surface area contributed by atoms with Crippen LogP contribution >= 0.6 is 11.3 Å². The zero-order valence-corrected chi connectivity index (χ0v) is 11.3. The Morgan fingerprint density at radius 1 is 1.32 bits per heavy atom. The minimum atomic E-state index is -0.243. The van der Waals surface area contributed by atoms with Crippen molar-refractivity contribution in [2.75, 3.05) is 13.2 Å². The molecule has 0 bridgehead atoms. The highest BCUT2D eigenvalue weighted by atomic mass is 32.1. The molecule has 1 aliphatic heterocycles. The van der Waals surface area contributed by atoms with E-state index in [0.29, 0.717) is 12.4 Å². The summed E-state index contributed by atoms with van der Waals surface area (Å²) in [6, 6.07) is 6.10. The van der Waals surface area contributed by atoms with E-state index in [1.165, 1.54) is 22.7 Å². The van der Waals surface area contributed by atoms with Crippen molar-refractivity contribution >= 4 is 11.3 Å². The summed E-state index contributed by atoms with van der Waals surface area (Å²) in [5.41, 5.74) is 1.24. The lowest BCUT2D eigenvalue weighted by Gasteiger charge is -2.09. The van der Waals surface area contributed by atoms with Crippen molar-refractivity contribution in [2.45, 2.75) is 19.4 Å². The van der Waals surface area contributed by atoms with Gasteiger partial charge in [0.25, 0.3) is 0 Å². The Labute approximate surface area is 115 Å². The maximum Gasteiger partial charge on any atom is 0.123 e. The molecule has 2 aromatic rings. The summed E-state index contributed by atoms with van der Waals surface area (Å²) in [6.45, 7) is 2.53. The van der Waals surface area contributed by atoms with Crippen molar-refractivity contribution in [1.82, 2.24) is 10.3 Å². The van der Waals surface area contributed by atoms with Gasteiger partial charge < -0.3 is 10.1 Å². The molecule has 3 rings (SSSR count). The highest BCUT2D eigenvalue weighted by Gasteiger charge is 2.14. The van der Waals surface area contributed by atoms with Gasteiger partial charge in [-0.05, 0) is 24.3 Å². The van der Waals surface area contributed by atoms with E-state index in [0.717, 1.165) is 30.9 Å². The molecule has 2 heterocycles. The molecule has 1 aromatic heterocycles. The molecule has 5 heteroatoms. The molecule has 100 valence electrons. The molecule has 19 heavy (non-hydrogen) atoms. The summed E-state index contributed by atoms with van der Waals surface area (Å²) < 4.78 is 18.3. The van der Waals surface area contributed by atoms with E-state index >= 15 is 0 Å². The van der Waals surface area contributed by atoms with Gasteiger partial charge in [-0.15, -0.1) is 11.3 Å². The Balaban J connectivity index is 1.54. The lowest BCUT2D eigenvalue weighted by atomic mass is 10.2. The fourth-order valence-corrected chi connectivity index (χ4v) is 3.14. The van der Waals surface area contributed by atoms with E-state index in [4.69, 9.17) is 4.74 Å². The molecule has 1 aromatic carbocycles. The summed E-state index contributed by atoms with van der Waals surface area (Å²) in [5.74, 6) is 0.455. The quantitative estimate of drug-likeness (QED) is 0.933. The van der Waals surface area contributed by atoms with Crippen LogP contribution in [0.25, 0.3) is 0 Å². The number of hydrogen-bond acceptors (Lipinski definition) is 4. The molecule has 0 fully saturated rings. The molecular formula is C14H15FN2OS. The normalized spacial score (nSPS) is 14.2. The molecule has 3 nitrogen and oxygen atoms in total. The maximum absolute atomic E-state index is 12.7. The molecule has 0 spiro atoms. The minimum Gasteiger partial charge on any atom is -0.493 e. The largest absolute Gasteiger partial charge is 0.493 e. The van der Waals surface area contributed by atoms with Crippen LogP contribution in [0.2, 0.25) is 0 Å². The smallest absolute Gasteiger partial charge is 0.123 e. The van der Waals surface area contributed by atoms with Gasteiger partial charge in [-0.25, -0.2) is 9.37 Å². The van der Waals surface area contributed by atoms with Crippen molar-refractivity contribution < 1.29 is 9.13 Å². The lowest BCUT2D eigenvalue weighted by molar-refractivity contribution is 0.321. The Hall–Kier alpha value is -1.46. The average molecular weight is 278 g/mol. The molecule has 1 aliphatic rings. The SMILES string of the molecule is Fc1ccc(OCCc2nc3c(s2)CNCC3)cc1. The summed E-state index contributed by atoms with van der Waals surface area (Å²) >= 11 is 1.76. The number of halogens is 1. The first kappa shape index (κ1) is 12.6. The second-order valence-corrected chi connectivity index (χ2v) is 5.62. The number of hydrogen-bond donors (Lipinski definition) is 1. The number of fused-ring (bicyclic) bond motifs is 1. The molecule has 0 radical (unpaired) electrons. The second-order valence-electron chi connectivity index (χ2n) is 4.46. The molecular weight excluding hydrogens is 263 g/mol. The highest BCUT2D eigenvalue weighted by molar-refractivity contribution is 7.11. The van der Waals surface area contributed by atoms with Gasteiger partial charge in [0.05, 0.1) is 17.3 Å². The first-order valence-electron chi connectivity index (χ1n) is 6.38. The van der Waals surface area contributed by atoms with E-state index < -0.39 is 0 Å². The zero-order chi connectivity index (χ0) is 13.1.